The smallest absolute Gasteiger partial charge is 0.157 e. The number of hydrogen-bond acceptors (Lipinski definition) is 2. The van der Waals surface area contributed by atoms with Crippen molar-refractivity contribution >= 4 is 0 Å². The average Bonchev–Trinajstić information content (AvgIpc) is 2.15. The van der Waals surface area contributed by atoms with E-state index in [0.717, 1.165) is 32.5 Å². The van der Waals surface area contributed by atoms with E-state index in [2.05, 4.69) is 13.5 Å². The van der Waals surface area contributed by atoms with Crippen molar-refractivity contribution in [2.24, 2.45) is 5.92 Å². The van der Waals surface area contributed by atoms with E-state index in [-0.39, 0.29) is 6.29 Å². The maximum atomic E-state index is 5.46. The molecule has 0 aliphatic heterocycles. The molecule has 0 aromatic carbocycles. The molecule has 0 rings (SSSR count). The molecule has 0 aliphatic rings. The summed E-state index contributed by atoms with van der Waals surface area (Å²) >= 11 is 0. The molecule has 84 valence electrons. The highest BCUT2D eigenvalue weighted by Crippen LogP contribution is 2.14. The van der Waals surface area contributed by atoms with Gasteiger partial charge < -0.3 is 9.47 Å². The van der Waals surface area contributed by atoms with Crippen LogP contribution < -0.4 is 0 Å². The van der Waals surface area contributed by atoms with Gasteiger partial charge in [-0.1, -0.05) is 13.0 Å². The first-order valence-electron chi connectivity index (χ1n) is 5.58. The van der Waals surface area contributed by atoms with Crippen LogP contribution in [-0.4, -0.2) is 19.5 Å². The van der Waals surface area contributed by atoms with Crippen molar-refractivity contribution in [3.8, 4) is 0 Å². The zero-order chi connectivity index (χ0) is 10.8. The summed E-state index contributed by atoms with van der Waals surface area (Å²) in [6.45, 7) is 11.4. The van der Waals surface area contributed by atoms with Gasteiger partial charge in [0.15, 0.2) is 6.29 Å². The lowest BCUT2D eigenvalue weighted by Crippen LogP contribution is -2.18. The van der Waals surface area contributed by atoms with Gasteiger partial charge in [0.25, 0.3) is 0 Å². The Hall–Kier alpha value is -0.340. The van der Waals surface area contributed by atoms with Crippen LogP contribution in [0.4, 0.5) is 0 Å². The Morgan fingerprint density at radius 3 is 2.14 bits per heavy atom. The summed E-state index contributed by atoms with van der Waals surface area (Å²) in [6.07, 6.45) is 5.15. The molecule has 0 fully saturated rings. The van der Waals surface area contributed by atoms with E-state index < -0.39 is 0 Å². The molecule has 14 heavy (non-hydrogen) atoms. The molecule has 0 bridgehead atoms. The molecule has 0 N–H and O–H groups in total. The van der Waals surface area contributed by atoms with E-state index in [1.165, 1.54) is 0 Å². The van der Waals surface area contributed by atoms with Crippen LogP contribution in [0.25, 0.3) is 0 Å². The molecule has 0 aromatic rings. The molecule has 0 unspecified atom stereocenters. The first kappa shape index (κ1) is 13.7. The van der Waals surface area contributed by atoms with Crippen molar-refractivity contribution in [2.45, 2.75) is 46.3 Å². The number of allylic oxidation sites excluding steroid dienone is 1. The molecule has 2 nitrogen and oxygen atoms in total. The quantitative estimate of drug-likeness (QED) is 0.419. The van der Waals surface area contributed by atoms with Crippen LogP contribution in [-0.2, 0) is 9.47 Å². The average molecular weight is 200 g/mol. The zero-order valence-electron chi connectivity index (χ0n) is 9.79. The van der Waals surface area contributed by atoms with Crippen molar-refractivity contribution in [1.82, 2.24) is 0 Å². The third kappa shape index (κ3) is 7.10. The highest BCUT2D eigenvalue weighted by Gasteiger charge is 2.09. The van der Waals surface area contributed by atoms with Gasteiger partial charge in [0, 0.05) is 13.2 Å². The van der Waals surface area contributed by atoms with Gasteiger partial charge in [-0.15, -0.1) is 6.58 Å². The molecular formula is C12H24O2. The molecule has 0 saturated heterocycles. The molecule has 1 atom stereocenters. The second-order valence-corrected chi connectivity index (χ2v) is 3.55. The van der Waals surface area contributed by atoms with Gasteiger partial charge in [-0.25, -0.2) is 0 Å². The van der Waals surface area contributed by atoms with Crippen LogP contribution in [0.3, 0.4) is 0 Å². The van der Waals surface area contributed by atoms with Crippen molar-refractivity contribution in [3.05, 3.63) is 12.7 Å². The van der Waals surface area contributed by atoms with Gasteiger partial charge in [0.05, 0.1) is 0 Å². The molecule has 0 heterocycles. The Labute approximate surface area is 88.3 Å². The summed E-state index contributed by atoms with van der Waals surface area (Å²) in [5, 5.41) is 0. The lowest BCUT2D eigenvalue weighted by molar-refractivity contribution is -0.141. The predicted octanol–water partition coefficient (Wildman–Crippen LogP) is 3.38. The fraction of sp³-hybridized carbons (Fsp3) is 0.833. The molecule has 0 saturated carbocycles. The Balaban J connectivity index is 3.62. The van der Waals surface area contributed by atoms with E-state index in [1.807, 2.05) is 19.9 Å². The summed E-state index contributed by atoms with van der Waals surface area (Å²) in [7, 11) is 0. The van der Waals surface area contributed by atoms with Crippen LogP contribution in [0.15, 0.2) is 12.7 Å². The Morgan fingerprint density at radius 2 is 1.71 bits per heavy atom. The summed E-state index contributed by atoms with van der Waals surface area (Å²) < 4.78 is 10.9. The van der Waals surface area contributed by atoms with E-state index in [4.69, 9.17) is 9.47 Å². The summed E-state index contributed by atoms with van der Waals surface area (Å²) in [5.74, 6) is 0.677. The molecule has 0 aliphatic carbocycles. The fourth-order valence-electron chi connectivity index (χ4n) is 1.41. The van der Waals surface area contributed by atoms with Crippen molar-refractivity contribution in [1.29, 1.82) is 0 Å². The van der Waals surface area contributed by atoms with Crippen LogP contribution in [0.5, 0.6) is 0 Å². The molecule has 0 amide bonds. The second kappa shape index (κ2) is 9.22. The Kier molecular flexibility index (Phi) is 9.00. The van der Waals surface area contributed by atoms with Gasteiger partial charge in [-0.3, -0.25) is 0 Å². The van der Waals surface area contributed by atoms with Gasteiger partial charge in [-0.2, -0.15) is 0 Å². The van der Waals surface area contributed by atoms with Crippen LogP contribution in [0, 0.1) is 5.92 Å². The first-order chi connectivity index (χ1) is 6.74. The van der Waals surface area contributed by atoms with Crippen molar-refractivity contribution < 1.29 is 9.47 Å². The zero-order valence-corrected chi connectivity index (χ0v) is 9.79. The number of hydrogen-bond donors (Lipinski definition) is 0. The number of rotatable bonds is 9. The van der Waals surface area contributed by atoms with E-state index in [0.29, 0.717) is 5.92 Å². The third-order valence-electron chi connectivity index (χ3n) is 2.17. The van der Waals surface area contributed by atoms with Gasteiger partial charge in [-0.05, 0) is 39.0 Å². The van der Waals surface area contributed by atoms with E-state index in [9.17, 15) is 0 Å². The third-order valence-corrected chi connectivity index (χ3v) is 2.17. The van der Waals surface area contributed by atoms with E-state index >= 15 is 0 Å². The van der Waals surface area contributed by atoms with Gasteiger partial charge >= 0.3 is 0 Å². The minimum Gasteiger partial charge on any atom is -0.353 e. The topological polar surface area (TPSA) is 18.5 Å². The molecule has 0 aromatic heterocycles. The minimum atomic E-state index is -0.0164. The SMILES string of the molecule is C=CC[C@H](C)CCC(OCC)OCC. The van der Waals surface area contributed by atoms with Crippen LogP contribution in [0.2, 0.25) is 0 Å². The van der Waals surface area contributed by atoms with E-state index in [1.54, 1.807) is 0 Å². The first-order valence-corrected chi connectivity index (χ1v) is 5.58. The van der Waals surface area contributed by atoms with Crippen molar-refractivity contribution in [2.75, 3.05) is 13.2 Å². The predicted molar refractivity (Wildman–Crippen MR) is 60.3 cm³/mol. The monoisotopic (exact) mass is 200 g/mol. The molecule has 2 heteroatoms. The van der Waals surface area contributed by atoms with Crippen LogP contribution >= 0.6 is 0 Å². The molecular weight excluding hydrogens is 176 g/mol. The Morgan fingerprint density at radius 1 is 1.14 bits per heavy atom. The summed E-state index contributed by atoms with van der Waals surface area (Å²) in [4.78, 5) is 0. The normalized spacial score (nSPS) is 13.1. The van der Waals surface area contributed by atoms with Gasteiger partial charge in [0.1, 0.15) is 0 Å². The lowest BCUT2D eigenvalue weighted by atomic mass is 10.0. The minimum absolute atomic E-state index is 0.0164. The standard InChI is InChI=1S/C12H24O2/c1-5-8-11(4)9-10-12(13-6-2)14-7-3/h5,11-12H,1,6-10H2,2-4H3/t11-/m0/s1. The number of ether oxygens (including phenoxy) is 2. The summed E-state index contributed by atoms with van der Waals surface area (Å²) in [6, 6.07) is 0. The fourth-order valence-corrected chi connectivity index (χ4v) is 1.41. The summed E-state index contributed by atoms with van der Waals surface area (Å²) in [5.41, 5.74) is 0. The highest BCUT2D eigenvalue weighted by atomic mass is 16.7. The maximum absolute atomic E-state index is 5.46. The lowest BCUT2D eigenvalue weighted by Gasteiger charge is -2.18. The highest BCUT2D eigenvalue weighted by molar-refractivity contribution is 4.70. The van der Waals surface area contributed by atoms with Crippen LogP contribution in [0.1, 0.15) is 40.0 Å². The maximum Gasteiger partial charge on any atom is 0.157 e. The molecule has 0 spiro atoms. The van der Waals surface area contributed by atoms with Crippen molar-refractivity contribution in [3.63, 3.8) is 0 Å². The Bertz CT molecular complexity index is 128. The van der Waals surface area contributed by atoms with Gasteiger partial charge in [0.2, 0.25) is 0 Å². The molecule has 0 radical (unpaired) electrons. The largest absolute Gasteiger partial charge is 0.353 e. The second-order valence-electron chi connectivity index (χ2n) is 3.55.